The smallest absolute Gasteiger partial charge is 0.135 e. The highest BCUT2D eigenvalue weighted by Crippen LogP contribution is 2.33. The number of hydrogen-bond donors (Lipinski definition) is 2. The van der Waals surface area contributed by atoms with E-state index < -0.39 is 0 Å². The molecule has 0 aliphatic rings. The number of nitriles is 1. The molecule has 0 fully saturated rings. The van der Waals surface area contributed by atoms with Crippen molar-refractivity contribution in [2.45, 2.75) is 0 Å². The van der Waals surface area contributed by atoms with Gasteiger partial charge in [-0.2, -0.15) is 5.26 Å². The Balaban J connectivity index is 2.28. The molecule has 0 saturated carbocycles. The summed E-state index contributed by atoms with van der Waals surface area (Å²) in [5.74, 6) is 0.837. The maximum Gasteiger partial charge on any atom is 0.135 e. The SMILES string of the molecule is N#Cc1ccc2c(c1)nc(NCCN)c1ccsc12. The van der Waals surface area contributed by atoms with E-state index >= 15 is 0 Å². The summed E-state index contributed by atoms with van der Waals surface area (Å²) in [4.78, 5) is 4.61. The van der Waals surface area contributed by atoms with E-state index in [9.17, 15) is 0 Å². The van der Waals surface area contributed by atoms with Crippen LogP contribution in [0.1, 0.15) is 5.56 Å². The maximum absolute atomic E-state index is 8.97. The van der Waals surface area contributed by atoms with Crippen molar-refractivity contribution in [1.82, 2.24) is 4.98 Å². The summed E-state index contributed by atoms with van der Waals surface area (Å²) < 4.78 is 1.19. The molecule has 0 aliphatic heterocycles. The van der Waals surface area contributed by atoms with Gasteiger partial charge in [0, 0.05) is 28.6 Å². The summed E-state index contributed by atoms with van der Waals surface area (Å²) in [6.45, 7) is 1.24. The predicted molar refractivity (Wildman–Crippen MR) is 79.4 cm³/mol. The van der Waals surface area contributed by atoms with Crippen LogP contribution in [0.15, 0.2) is 29.6 Å². The fourth-order valence-electron chi connectivity index (χ4n) is 2.10. The van der Waals surface area contributed by atoms with Crippen LogP contribution >= 0.6 is 11.3 Å². The molecule has 0 radical (unpaired) electrons. The van der Waals surface area contributed by atoms with Crippen LogP contribution in [0.3, 0.4) is 0 Å². The number of aromatic nitrogens is 1. The van der Waals surface area contributed by atoms with Crippen LogP contribution in [0.5, 0.6) is 0 Å². The number of rotatable bonds is 3. The van der Waals surface area contributed by atoms with Gasteiger partial charge >= 0.3 is 0 Å². The average molecular weight is 268 g/mol. The van der Waals surface area contributed by atoms with Crippen LogP contribution in [0, 0.1) is 11.3 Å². The standard InChI is InChI=1S/C14H12N4S/c15-4-5-17-14-11-3-6-19-13(11)10-2-1-9(8-16)7-12(10)18-14/h1-3,6-7H,4-5,15H2,(H,17,18). The van der Waals surface area contributed by atoms with Crippen LogP contribution in [0.25, 0.3) is 21.0 Å². The van der Waals surface area contributed by atoms with Gasteiger partial charge in [0.1, 0.15) is 5.82 Å². The van der Waals surface area contributed by atoms with Gasteiger partial charge in [0.15, 0.2) is 0 Å². The molecular formula is C14H12N4S. The Labute approximate surface area is 114 Å². The molecule has 5 heteroatoms. The largest absolute Gasteiger partial charge is 0.368 e. The zero-order chi connectivity index (χ0) is 13.2. The highest BCUT2D eigenvalue weighted by molar-refractivity contribution is 7.18. The first-order valence-electron chi connectivity index (χ1n) is 5.98. The van der Waals surface area contributed by atoms with E-state index in [-0.39, 0.29) is 0 Å². The van der Waals surface area contributed by atoms with Crippen molar-refractivity contribution in [2.75, 3.05) is 18.4 Å². The van der Waals surface area contributed by atoms with Crippen molar-refractivity contribution in [3.8, 4) is 6.07 Å². The monoisotopic (exact) mass is 268 g/mol. The van der Waals surface area contributed by atoms with Crippen molar-refractivity contribution in [3.05, 3.63) is 35.2 Å². The quantitative estimate of drug-likeness (QED) is 0.766. The summed E-state index contributed by atoms with van der Waals surface area (Å²) in [5.41, 5.74) is 6.99. The van der Waals surface area contributed by atoms with Crippen LogP contribution < -0.4 is 11.1 Å². The highest BCUT2D eigenvalue weighted by atomic mass is 32.1. The Hall–Kier alpha value is -2.16. The van der Waals surface area contributed by atoms with Crippen LogP contribution in [-0.4, -0.2) is 18.1 Å². The first-order valence-corrected chi connectivity index (χ1v) is 6.86. The van der Waals surface area contributed by atoms with Gasteiger partial charge in [-0.15, -0.1) is 11.3 Å². The molecule has 2 heterocycles. The zero-order valence-electron chi connectivity index (χ0n) is 10.2. The molecule has 19 heavy (non-hydrogen) atoms. The van der Waals surface area contributed by atoms with Crippen LogP contribution in [-0.2, 0) is 0 Å². The Morgan fingerprint density at radius 2 is 2.21 bits per heavy atom. The minimum absolute atomic E-state index is 0.559. The number of nitrogens with zero attached hydrogens (tertiary/aromatic N) is 2. The van der Waals surface area contributed by atoms with Crippen molar-refractivity contribution in [3.63, 3.8) is 0 Å². The lowest BCUT2D eigenvalue weighted by atomic mass is 10.1. The molecule has 3 N–H and O–H groups in total. The number of pyridine rings is 1. The van der Waals surface area contributed by atoms with Crippen molar-refractivity contribution in [2.24, 2.45) is 5.73 Å². The average Bonchev–Trinajstić information content (AvgIpc) is 2.93. The van der Waals surface area contributed by atoms with Gasteiger partial charge in [0.25, 0.3) is 0 Å². The molecule has 3 aromatic rings. The number of thiophene rings is 1. The molecular weight excluding hydrogens is 256 g/mol. The molecule has 0 bridgehead atoms. The summed E-state index contributed by atoms with van der Waals surface area (Å²) >= 11 is 1.68. The molecule has 2 aromatic heterocycles. The van der Waals surface area contributed by atoms with Gasteiger partial charge in [-0.25, -0.2) is 4.98 Å². The van der Waals surface area contributed by atoms with Gasteiger partial charge in [-0.3, -0.25) is 0 Å². The van der Waals surface area contributed by atoms with Crippen LogP contribution in [0.2, 0.25) is 0 Å². The number of anilines is 1. The van der Waals surface area contributed by atoms with Gasteiger partial charge < -0.3 is 11.1 Å². The molecule has 0 unspecified atom stereocenters. The van der Waals surface area contributed by atoms with E-state index in [2.05, 4.69) is 27.8 Å². The third-order valence-electron chi connectivity index (χ3n) is 2.96. The lowest BCUT2D eigenvalue weighted by Crippen LogP contribution is -2.14. The van der Waals surface area contributed by atoms with Crippen LogP contribution in [0.4, 0.5) is 5.82 Å². The third-order valence-corrected chi connectivity index (χ3v) is 3.91. The Morgan fingerprint density at radius 3 is 3.00 bits per heavy atom. The van der Waals surface area contributed by atoms with Gasteiger partial charge in [-0.05, 0) is 23.6 Å². The Bertz CT molecular complexity index is 785. The van der Waals surface area contributed by atoms with E-state index in [0.29, 0.717) is 18.7 Å². The highest BCUT2D eigenvalue weighted by Gasteiger charge is 2.09. The van der Waals surface area contributed by atoms with E-state index in [0.717, 1.165) is 22.1 Å². The second-order valence-electron chi connectivity index (χ2n) is 4.18. The molecule has 0 spiro atoms. The summed E-state index contributed by atoms with van der Waals surface area (Å²) in [7, 11) is 0. The van der Waals surface area contributed by atoms with Crippen molar-refractivity contribution >= 4 is 38.1 Å². The third kappa shape index (κ3) is 2.01. The van der Waals surface area contributed by atoms with E-state index in [1.54, 1.807) is 11.3 Å². The normalized spacial score (nSPS) is 10.7. The molecule has 0 atom stereocenters. The second-order valence-corrected chi connectivity index (χ2v) is 5.10. The lowest BCUT2D eigenvalue weighted by molar-refractivity contribution is 1.02. The summed E-state index contributed by atoms with van der Waals surface area (Å²) in [6.07, 6.45) is 0. The number of benzene rings is 1. The fraction of sp³-hybridized carbons (Fsp3) is 0.143. The van der Waals surface area contributed by atoms with Gasteiger partial charge in [0.05, 0.1) is 17.1 Å². The van der Waals surface area contributed by atoms with E-state index in [4.69, 9.17) is 11.0 Å². The van der Waals surface area contributed by atoms with E-state index in [1.165, 1.54) is 4.70 Å². The number of nitrogens with two attached hydrogens (primary N) is 1. The van der Waals surface area contributed by atoms with Crippen molar-refractivity contribution < 1.29 is 0 Å². The predicted octanol–water partition coefficient (Wildman–Crippen LogP) is 2.69. The van der Waals surface area contributed by atoms with E-state index in [1.807, 2.05) is 18.2 Å². The molecule has 0 amide bonds. The molecule has 4 nitrogen and oxygen atoms in total. The molecule has 3 rings (SSSR count). The number of nitrogens with one attached hydrogen (secondary N) is 1. The fourth-order valence-corrected chi connectivity index (χ4v) is 3.03. The number of fused-ring (bicyclic) bond motifs is 3. The summed E-state index contributed by atoms with van der Waals surface area (Å²) in [6, 6.07) is 9.82. The minimum Gasteiger partial charge on any atom is -0.368 e. The first kappa shape index (κ1) is 11.9. The Kier molecular flexibility index (Phi) is 3.03. The first-order chi connectivity index (χ1) is 9.33. The molecule has 0 aliphatic carbocycles. The summed E-state index contributed by atoms with van der Waals surface area (Å²) in [5, 5.41) is 16.5. The number of hydrogen-bond acceptors (Lipinski definition) is 5. The topological polar surface area (TPSA) is 74.7 Å². The molecule has 1 aromatic carbocycles. The van der Waals surface area contributed by atoms with Gasteiger partial charge in [0.2, 0.25) is 0 Å². The Morgan fingerprint density at radius 1 is 1.32 bits per heavy atom. The zero-order valence-corrected chi connectivity index (χ0v) is 11.0. The second kappa shape index (κ2) is 4.84. The minimum atomic E-state index is 0.559. The van der Waals surface area contributed by atoms with Gasteiger partial charge in [-0.1, -0.05) is 6.07 Å². The molecule has 94 valence electrons. The maximum atomic E-state index is 8.97. The lowest BCUT2D eigenvalue weighted by Gasteiger charge is -2.08. The molecule has 0 saturated heterocycles. The van der Waals surface area contributed by atoms with Crippen molar-refractivity contribution in [1.29, 1.82) is 5.26 Å².